The van der Waals surface area contributed by atoms with Gasteiger partial charge in [-0.3, -0.25) is 115 Å². The maximum atomic E-state index is 15.2. The second-order valence-corrected chi connectivity index (χ2v) is 37.5. The second kappa shape index (κ2) is 63.0. The van der Waals surface area contributed by atoms with Gasteiger partial charge in [-0.1, -0.05) is 34.1 Å². The number of aliphatic hydroxyl groups is 1. The van der Waals surface area contributed by atoms with Crippen LogP contribution in [0.5, 0.6) is 0 Å². The molecule has 5 aliphatic rings. The highest BCUT2D eigenvalue weighted by Crippen LogP contribution is 2.28. The molecule has 5 fully saturated rings. The lowest BCUT2D eigenvalue weighted by atomic mass is 9.96. The fraction of sp³-hybridized carbons (Fsp3) is 0.727. The van der Waals surface area contributed by atoms with Crippen molar-refractivity contribution < 1.29 is 86.9 Å². The van der Waals surface area contributed by atoms with Crippen molar-refractivity contribution >= 4 is 142 Å². The SMILES string of the molecule is CC[C@H](C)[C@H](NC(=O)[C@H](CCCNC(=N)N)NC(=O)[C@@H](N)CCCNC(=N)N)C(=O)N[C@@H](CCCNC(=N)N)C(=O)N1CCC[C@H]1C(=O)N[C@@H](CCCNC(=N)N)C(=O)N[C@@H](CO)C(=O)N1CCC[C@H]1C(=O)N[C@@H](CCCNC(=N)N)C(=O)N[C@@H](CC(C)C)C(=O)N1CCC[C@H]1C(=O)N[C@@H](CCCNC(=N)N)C(=O)N1CCC[C@H]1C(=O)N[C@@H](CCCNC(=N)N)C(=O)N1CCC[C@H]1C(=O)N[C@@H](CCCNC(=N)N)C(=O)O. The minimum atomic E-state index is -1.80. The molecule has 5 heterocycles. The van der Waals surface area contributed by atoms with Gasteiger partial charge in [-0.2, -0.15) is 0 Å². The molecule has 5 rings (SSSR count). The lowest BCUT2D eigenvalue weighted by Gasteiger charge is -2.33. The molecule has 146 heavy (non-hydrogen) atoms. The number of carbonyl (C=O) groups is 16. The second-order valence-electron chi connectivity index (χ2n) is 37.5. The van der Waals surface area contributed by atoms with E-state index in [0.717, 1.165) is 4.90 Å². The molecular formula is C88H160N40O18. The van der Waals surface area contributed by atoms with Crippen LogP contribution >= 0.6 is 0 Å². The van der Waals surface area contributed by atoms with E-state index < -0.39 is 222 Å². The maximum Gasteiger partial charge on any atom is 0.326 e. The highest BCUT2D eigenvalue weighted by atomic mass is 16.4. The van der Waals surface area contributed by atoms with Crippen LogP contribution in [0.1, 0.15) is 207 Å². The fourth-order valence-corrected chi connectivity index (χ4v) is 18.0. The number of nitrogens with one attached hydrogen (secondary N) is 26. The summed E-state index contributed by atoms with van der Waals surface area (Å²) >= 11 is 0. The summed E-state index contributed by atoms with van der Waals surface area (Å²) < 4.78 is 0. The van der Waals surface area contributed by atoms with Gasteiger partial charge >= 0.3 is 5.97 Å². The summed E-state index contributed by atoms with van der Waals surface area (Å²) in [6, 6.07) is -21.7. The van der Waals surface area contributed by atoms with Gasteiger partial charge < -0.3 is 182 Å². The van der Waals surface area contributed by atoms with E-state index in [4.69, 9.17) is 94.9 Å². The first-order valence-corrected chi connectivity index (χ1v) is 50.0. The monoisotopic (exact) mass is 2070 g/mol. The van der Waals surface area contributed by atoms with Crippen LogP contribution < -0.4 is 147 Å². The van der Waals surface area contributed by atoms with Crippen LogP contribution in [0.3, 0.4) is 0 Å². The Morgan fingerprint density at radius 3 is 0.788 bits per heavy atom. The minimum Gasteiger partial charge on any atom is -0.480 e. The molecule has 0 aliphatic carbocycles. The smallest absolute Gasteiger partial charge is 0.326 e. The standard InChI is InChI=1S/C88H160N40O18/c1-5-48(4)64(123-68(133)52(22-9-35-109-84(96)97)114-65(130)49(89)19-6-32-106-81(90)91)74(139)119-55(25-12-38-112-87(102)103)77(142)124-40-14-27-59(124)69(134)116-51(21-8-34-108-83(94)95)67(132)122-58(46-129)79(144)128-44-18-28-60(128)70(135)115-50(20-7-33-107-82(92)93)66(131)121-57(45-47(2)3)78(143)127-43-17-30-62(127)72(137)118-53(23-10-36-110-85(98)99)75(140)125-41-15-29-61(125)71(136)117-54(24-11-37-111-86(100)101)76(141)126-42-16-31-63(126)73(138)120-56(80(145)146)26-13-39-113-88(104)105/h47-64,129H,5-46,89H2,1-4H3,(H,114,130)(H,115,135)(H,116,134)(H,117,136)(H,118,137)(H,119,139)(H,120,138)(H,121,131)(H,122,132)(H,123,133)(H,145,146)(H4,90,91,106)(H4,92,93,107)(H4,94,95,108)(H4,96,97,109)(H4,98,99,110)(H4,100,101,111)(H4,102,103,112)(H4,104,105,113)/t48-,49-,50-,51-,52-,53-,54-,55-,56-,57-,58-,59-,60-,61-,62-,63-,64-/m0/s1. The van der Waals surface area contributed by atoms with Crippen molar-refractivity contribution in [1.29, 1.82) is 43.3 Å². The third-order valence-corrected chi connectivity index (χ3v) is 25.7. The average Bonchev–Trinajstić information content (AvgIpc) is 1.65. The normalized spacial score (nSPS) is 18.8. The molecule has 0 unspecified atom stereocenters. The summed E-state index contributed by atoms with van der Waals surface area (Å²) in [5.41, 5.74) is 50.4. The van der Waals surface area contributed by atoms with Gasteiger partial charge in [-0.15, -0.1) is 0 Å². The topological polar surface area (TPSA) is 971 Å². The van der Waals surface area contributed by atoms with Crippen molar-refractivity contribution in [2.75, 3.05) is 91.7 Å². The molecule has 0 aromatic rings. The molecule has 0 bridgehead atoms. The predicted octanol–water partition coefficient (Wildman–Crippen LogP) is -10.6. The number of hydrogen-bond acceptors (Lipinski definition) is 26. The quantitative estimate of drug-likeness (QED) is 0.0153. The van der Waals surface area contributed by atoms with E-state index >= 15 is 19.2 Å². The first kappa shape index (κ1) is 122. The lowest BCUT2D eigenvalue weighted by Crippen LogP contribution is -2.61. The Labute approximate surface area is 848 Å². The van der Waals surface area contributed by atoms with Gasteiger partial charge in [0, 0.05) is 85.1 Å². The number of carbonyl (C=O) groups excluding carboxylic acids is 15. The minimum absolute atomic E-state index is 0.00661. The van der Waals surface area contributed by atoms with Crippen LogP contribution in [-0.2, 0) is 76.7 Å². The van der Waals surface area contributed by atoms with Gasteiger partial charge in [0.05, 0.1) is 12.6 Å². The van der Waals surface area contributed by atoms with Crippen molar-refractivity contribution in [2.24, 2.45) is 63.4 Å². The summed E-state index contributed by atoms with van der Waals surface area (Å²) in [6.07, 6.45) is 2.64. The number of nitrogens with two attached hydrogens (primary N) is 9. The number of nitrogens with zero attached hydrogens (tertiary/aromatic N) is 5. The Bertz CT molecular complexity index is 4510. The number of hydrogen-bond donors (Lipinski definition) is 37. The molecule has 5 saturated heterocycles. The number of carboxylic acid groups (broad SMARTS) is 1. The molecule has 15 amide bonds. The third-order valence-electron chi connectivity index (χ3n) is 25.7. The Kier molecular flexibility index (Phi) is 52.7. The summed E-state index contributed by atoms with van der Waals surface area (Å²) in [7, 11) is 0. The zero-order chi connectivity index (χ0) is 109. The van der Waals surface area contributed by atoms with Crippen LogP contribution in [-0.4, -0.2) is 365 Å². The molecule has 46 N–H and O–H groups in total. The fourth-order valence-electron chi connectivity index (χ4n) is 18.0. The molecular weight excluding hydrogens is 1910 g/mol. The molecule has 17 atom stereocenters. The number of aliphatic carboxylic acids is 1. The van der Waals surface area contributed by atoms with Gasteiger partial charge in [0.15, 0.2) is 47.7 Å². The van der Waals surface area contributed by atoms with E-state index in [2.05, 4.69) is 95.7 Å². The first-order valence-electron chi connectivity index (χ1n) is 50.0. The lowest BCUT2D eigenvalue weighted by molar-refractivity contribution is -0.146. The Morgan fingerprint density at radius 1 is 0.295 bits per heavy atom. The molecule has 0 radical (unpaired) electrons. The van der Waals surface area contributed by atoms with Crippen LogP contribution in [0, 0.1) is 55.1 Å². The van der Waals surface area contributed by atoms with Crippen molar-refractivity contribution in [3.05, 3.63) is 0 Å². The highest BCUT2D eigenvalue weighted by Gasteiger charge is 2.48. The molecule has 820 valence electrons. The molecule has 0 saturated carbocycles. The highest BCUT2D eigenvalue weighted by molar-refractivity contribution is 6.02. The zero-order valence-electron chi connectivity index (χ0n) is 83.9. The number of guanidine groups is 8. The Hall–Kier alpha value is -14.4. The van der Waals surface area contributed by atoms with Crippen molar-refractivity contribution in [2.45, 2.75) is 304 Å². The van der Waals surface area contributed by atoms with E-state index in [0.29, 0.717) is 19.3 Å². The number of aliphatic hydroxyl groups excluding tert-OH is 1. The Balaban J connectivity index is 1.36. The molecule has 0 spiro atoms. The molecule has 58 heteroatoms. The van der Waals surface area contributed by atoms with Crippen molar-refractivity contribution in [3.8, 4) is 0 Å². The third kappa shape index (κ3) is 41.4. The van der Waals surface area contributed by atoms with Crippen LogP contribution in [0.2, 0.25) is 0 Å². The van der Waals surface area contributed by atoms with Crippen LogP contribution in [0.15, 0.2) is 0 Å². The average molecular weight is 2070 g/mol. The van der Waals surface area contributed by atoms with Gasteiger partial charge in [0.1, 0.15) is 90.6 Å². The molecule has 0 aromatic carbocycles. The van der Waals surface area contributed by atoms with E-state index in [9.17, 15) is 67.7 Å². The summed E-state index contributed by atoms with van der Waals surface area (Å²) in [6.45, 7) is 6.52. The number of carboxylic acids is 1. The molecule has 5 aliphatic heterocycles. The van der Waals surface area contributed by atoms with E-state index in [1.807, 2.05) is 0 Å². The summed E-state index contributed by atoms with van der Waals surface area (Å²) in [4.78, 5) is 239. The van der Waals surface area contributed by atoms with Crippen molar-refractivity contribution in [3.63, 3.8) is 0 Å². The maximum absolute atomic E-state index is 15.2. The largest absolute Gasteiger partial charge is 0.480 e. The van der Waals surface area contributed by atoms with Gasteiger partial charge in [-0.05, 0) is 185 Å². The molecule has 0 aromatic heterocycles. The number of rotatable bonds is 63. The van der Waals surface area contributed by atoms with E-state index in [-0.39, 0.29) is 281 Å². The van der Waals surface area contributed by atoms with E-state index in [1.165, 1.54) is 19.6 Å². The van der Waals surface area contributed by atoms with E-state index in [1.54, 1.807) is 27.7 Å². The summed E-state index contributed by atoms with van der Waals surface area (Å²) in [5, 5.41) is 130. The summed E-state index contributed by atoms with van der Waals surface area (Å²) in [5.74, 6) is -17.3. The number of amides is 15. The zero-order valence-corrected chi connectivity index (χ0v) is 83.9. The van der Waals surface area contributed by atoms with Gasteiger partial charge in [0.2, 0.25) is 88.6 Å². The molecule has 58 nitrogen and oxygen atoms in total. The van der Waals surface area contributed by atoms with Crippen LogP contribution in [0.25, 0.3) is 0 Å². The van der Waals surface area contributed by atoms with Crippen LogP contribution in [0.4, 0.5) is 0 Å². The van der Waals surface area contributed by atoms with Gasteiger partial charge in [-0.25, -0.2) is 4.79 Å². The first-order chi connectivity index (χ1) is 69.2. The van der Waals surface area contributed by atoms with Gasteiger partial charge in [0.25, 0.3) is 0 Å². The Morgan fingerprint density at radius 2 is 0.514 bits per heavy atom. The predicted molar refractivity (Wildman–Crippen MR) is 538 cm³/mol. The number of likely N-dealkylation sites (tertiary alicyclic amines) is 5. The van der Waals surface area contributed by atoms with Crippen molar-refractivity contribution in [1.82, 2.24) is 120 Å².